The molecule has 132 valence electrons. The zero-order chi connectivity index (χ0) is 18.3. The molecule has 0 heterocycles. The molecule has 2 rings (SSSR count). The van der Waals surface area contributed by atoms with Crippen molar-refractivity contribution in [1.29, 1.82) is 5.26 Å². The Morgan fingerprint density at radius 2 is 1.76 bits per heavy atom. The van der Waals surface area contributed by atoms with E-state index in [1.807, 2.05) is 18.2 Å². The maximum absolute atomic E-state index is 12.5. The largest absolute Gasteiger partial charge is 0.426 e. The highest BCUT2D eigenvalue weighted by Gasteiger charge is 2.30. The van der Waals surface area contributed by atoms with Gasteiger partial charge >= 0.3 is 12.1 Å². The summed E-state index contributed by atoms with van der Waals surface area (Å²) in [7, 11) is 0. The molecule has 0 aromatic heterocycles. The number of carbonyl (C=O) groups excluding carboxylic acids is 1. The predicted molar refractivity (Wildman–Crippen MR) is 86.4 cm³/mol. The highest BCUT2D eigenvalue weighted by molar-refractivity contribution is 5.75. The van der Waals surface area contributed by atoms with Crippen molar-refractivity contribution < 1.29 is 22.7 Å². The summed E-state index contributed by atoms with van der Waals surface area (Å²) in [5.41, 5.74) is -0.773. The number of rotatable bonds is 4. The molecule has 1 aliphatic carbocycles. The lowest BCUT2D eigenvalue weighted by atomic mass is 9.82. The van der Waals surface area contributed by atoms with E-state index in [0.717, 1.165) is 37.1 Å². The summed E-state index contributed by atoms with van der Waals surface area (Å²) in [6.07, 6.45) is 5.53. The molecule has 0 unspecified atom stereocenters. The summed E-state index contributed by atoms with van der Waals surface area (Å²) in [4.78, 5) is 12.1. The fraction of sp³-hybridized carbons (Fsp3) is 0.368. The first-order valence-electron chi connectivity index (χ1n) is 8.02. The van der Waals surface area contributed by atoms with E-state index in [0.29, 0.717) is 18.8 Å². The number of halogens is 3. The van der Waals surface area contributed by atoms with Crippen LogP contribution < -0.4 is 4.74 Å². The van der Waals surface area contributed by atoms with Crippen molar-refractivity contribution in [3.05, 3.63) is 54.1 Å². The van der Waals surface area contributed by atoms with Gasteiger partial charge in [-0.2, -0.15) is 18.4 Å². The number of hydrogen-bond donors (Lipinski definition) is 0. The maximum atomic E-state index is 12.5. The first-order valence-corrected chi connectivity index (χ1v) is 8.02. The van der Waals surface area contributed by atoms with E-state index in [1.165, 1.54) is 6.08 Å². The molecule has 1 fully saturated rings. The molecule has 0 N–H and O–H groups in total. The normalized spacial score (nSPS) is 21.4. The van der Waals surface area contributed by atoms with Crippen molar-refractivity contribution in [3.8, 4) is 11.8 Å². The van der Waals surface area contributed by atoms with Gasteiger partial charge in [-0.05, 0) is 55.9 Å². The van der Waals surface area contributed by atoms with E-state index in [9.17, 15) is 18.0 Å². The first-order chi connectivity index (χ1) is 11.9. The van der Waals surface area contributed by atoms with E-state index in [2.05, 4.69) is 0 Å². The van der Waals surface area contributed by atoms with Crippen molar-refractivity contribution in [1.82, 2.24) is 0 Å². The summed E-state index contributed by atoms with van der Waals surface area (Å²) in [5.74, 6) is -0.145. The van der Waals surface area contributed by atoms with Crippen LogP contribution in [-0.4, -0.2) is 5.97 Å². The van der Waals surface area contributed by atoms with Crippen LogP contribution in [0.15, 0.2) is 48.6 Å². The maximum Gasteiger partial charge on any atom is 0.416 e. The Morgan fingerprint density at radius 1 is 1.12 bits per heavy atom. The van der Waals surface area contributed by atoms with Gasteiger partial charge in [0.25, 0.3) is 0 Å². The van der Waals surface area contributed by atoms with Crippen LogP contribution in [0.3, 0.4) is 0 Å². The van der Waals surface area contributed by atoms with Crippen LogP contribution in [0.5, 0.6) is 5.75 Å². The monoisotopic (exact) mass is 349 g/mol. The van der Waals surface area contributed by atoms with Crippen LogP contribution in [0, 0.1) is 23.2 Å². The van der Waals surface area contributed by atoms with Crippen LogP contribution >= 0.6 is 0 Å². The zero-order valence-corrected chi connectivity index (χ0v) is 13.5. The van der Waals surface area contributed by atoms with Crippen LogP contribution in [0.25, 0.3) is 0 Å². The number of alkyl halides is 3. The summed E-state index contributed by atoms with van der Waals surface area (Å²) in [6, 6.07) is 6.04. The minimum absolute atomic E-state index is 0.127. The van der Waals surface area contributed by atoms with Gasteiger partial charge in [-0.3, -0.25) is 4.79 Å². The number of nitrogens with zero attached hydrogens (tertiary/aromatic N) is 1. The van der Waals surface area contributed by atoms with E-state index in [1.54, 1.807) is 6.08 Å². The highest BCUT2D eigenvalue weighted by Crippen LogP contribution is 2.32. The molecule has 1 aromatic rings. The summed E-state index contributed by atoms with van der Waals surface area (Å²) in [6.45, 7) is 0. The number of benzene rings is 1. The SMILES string of the molecule is N#CC=CC=C[C@H]1CC[C@H](C(=O)Oc2ccc(C(F)(F)F)cc2)CC1. The number of carbonyl (C=O) groups is 1. The minimum Gasteiger partial charge on any atom is -0.426 e. The molecule has 3 nitrogen and oxygen atoms in total. The van der Waals surface area contributed by atoms with Gasteiger partial charge in [0.15, 0.2) is 0 Å². The average Bonchev–Trinajstić information content (AvgIpc) is 2.59. The second-order valence-corrected chi connectivity index (χ2v) is 5.93. The average molecular weight is 349 g/mol. The van der Waals surface area contributed by atoms with E-state index in [-0.39, 0.29) is 11.7 Å². The van der Waals surface area contributed by atoms with E-state index in [4.69, 9.17) is 10.00 Å². The molecule has 0 atom stereocenters. The molecular weight excluding hydrogens is 331 g/mol. The van der Waals surface area contributed by atoms with Crippen LogP contribution in [0.2, 0.25) is 0 Å². The lowest BCUT2D eigenvalue weighted by molar-refractivity contribution is -0.140. The third-order valence-corrected chi connectivity index (χ3v) is 4.17. The van der Waals surface area contributed by atoms with Gasteiger partial charge in [0.05, 0.1) is 17.6 Å². The fourth-order valence-electron chi connectivity index (χ4n) is 2.78. The van der Waals surface area contributed by atoms with Crippen LogP contribution in [0.4, 0.5) is 13.2 Å². The van der Waals surface area contributed by atoms with E-state index >= 15 is 0 Å². The highest BCUT2D eigenvalue weighted by atomic mass is 19.4. The van der Waals surface area contributed by atoms with E-state index < -0.39 is 17.7 Å². The fourth-order valence-corrected chi connectivity index (χ4v) is 2.78. The van der Waals surface area contributed by atoms with Gasteiger partial charge < -0.3 is 4.74 Å². The molecule has 1 saturated carbocycles. The number of allylic oxidation sites excluding steroid dienone is 4. The molecule has 0 saturated heterocycles. The van der Waals surface area contributed by atoms with Crippen molar-refractivity contribution in [3.63, 3.8) is 0 Å². The van der Waals surface area contributed by atoms with Crippen LogP contribution in [0.1, 0.15) is 31.2 Å². The molecule has 25 heavy (non-hydrogen) atoms. The Kier molecular flexibility index (Phi) is 6.40. The molecular formula is C19H18F3NO2. The summed E-state index contributed by atoms with van der Waals surface area (Å²) >= 11 is 0. The molecule has 6 heteroatoms. The summed E-state index contributed by atoms with van der Waals surface area (Å²) < 4.78 is 42.7. The molecule has 0 spiro atoms. The minimum atomic E-state index is -4.41. The van der Waals surface area contributed by atoms with Crippen LogP contribution in [-0.2, 0) is 11.0 Å². The number of esters is 1. The summed E-state index contributed by atoms with van der Waals surface area (Å²) in [5, 5.41) is 8.40. The predicted octanol–water partition coefficient (Wildman–Crippen LogP) is 5.05. The molecule has 0 radical (unpaired) electrons. The molecule has 0 bridgehead atoms. The molecule has 1 aliphatic rings. The van der Waals surface area contributed by atoms with Crippen molar-refractivity contribution >= 4 is 5.97 Å². The lowest BCUT2D eigenvalue weighted by Gasteiger charge is -2.25. The zero-order valence-electron chi connectivity index (χ0n) is 13.5. The molecule has 0 amide bonds. The Labute approximate surface area is 144 Å². The first kappa shape index (κ1) is 18.8. The van der Waals surface area contributed by atoms with Crippen molar-refractivity contribution in [2.75, 3.05) is 0 Å². The Balaban J connectivity index is 1.84. The molecule has 1 aromatic carbocycles. The second-order valence-electron chi connectivity index (χ2n) is 5.93. The van der Waals surface area contributed by atoms with Gasteiger partial charge in [0, 0.05) is 6.08 Å². The standard InChI is InChI=1S/C19H18F3NO2/c20-19(21,22)16-9-11-17(12-10-16)25-18(24)15-7-5-14(6-8-15)4-2-1-3-13-23/h1-4,9-12,14-15H,5-8H2/t14-,15-. The topological polar surface area (TPSA) is 50.1 Å². The Morgan fingerprint density at radius 3 is 2.32 bits per heavy atom. The number of hydrogen-bond acceptors (Lipinski definition) is 3. The smallest absolute Gasteiger partial charge is 0.416 e. The van der Waals surface area contributed by atoms with Gasteiger partial charge in [0.1, 0.15) is 5.75 Å². The number of ether oxygens (including phenoxy) is 1. The third kappa shape index (κ3) is 5.79. The third-order valence-electron chi connectivity index (χ3n) is 4.17. The number of nitriles is 1. The lowest BCUT2D eigenvalue weighted by Crippen LogP contribution is -2.25. The Hall–Kier alpha value is -2.55. The van der Waals surface area contributed by atoms with Gasteiger partial charge in [-0.1, -0.05) is 18.2 Å². The Bertz CT molecular complexity index is 676. The molecule has 0 aliphatic heterocycles. The van der Waals surface area contributed by atoms with Gasteiger partial charge in [0.2, 0.25) is 0 Å². The second kappa shape index (κ2) is 8.52. The van der Waals surface area contributed by atoms with Crippen molar-refractivity contribution in [2.24, 2.45) is 11.8 Å². The van der Waals surface area contributed by atoms with Gasteiger partial charge in [-0.25, -0.2) is 0 Å². The van der Waals surface area contributed by atoms with Gasteiger partial charge in [-0.15, -0.1) is 0 Å². The van der Waals surface area contributed by atoms with Crippen molar-refractivity contribution in [2.45, 2.75) is 31.9 Å². The quantitative estimate of drug-likeness (QED) is 0.331.